The molecule has 0 spiro atoms. The largest absolute Gasteiger partial charge is 0.494 e. The van der Waals surface area contributed by atoms with Crippen LogP contribution in [-0.2, 0) is 4.74 Å². The molecule has 0 bridgehead atoms. The van der Waals surface area contributed by atoms with E-state index in [1.165, 1.54) is 22.5 Å². The van der Waals surface area contributed by atoms with Gasteiger partial charge in [-0.1, -0.05) is 24.3 Å². The molecule has 1 saturated heterocycles. The van der Waals surface area contributed by atoms with E-state index in [0.29, 0.717) is 0 Å². The molecule has 3 aromatic rings. The highest BCUT2D eigenvalue weighted by atomic mass is 16.5. The SMILES string of the molecule is COCCCCCOc1ccc(-c2ccc(N3CCN(c4ccc(C(C)=O)cc4)CC3)cc2)cc1. The molecular weight excluding hydrogens is 436 g/mol. The van der Waals surface area contributed by atoms with Gasteiger partial charge in [-0.3, -0.25) is 4.79 Å². The molecule has 5 heteroatoms. The fourth-order valence-corrected chi connectivity index (χ4v) is 4.45. The van der Waals surface area contributed by atoms with Crippen LogP contribution in [0.4, 0.5) is 11.4 Å². The number of unbranched alkanes of at least 4 members (excludes halogenated alkanes) is 2. The van der Waals surface area contributed by atoms with Crippen molar-refractivity contribution in [3.05, 3.63) is 78.4 Å². The summed E-state index contributed by atoms with van der Waals surface area (Å²) < 4.78 is 10.9. The molecule has 1 fully saturated rings. The second-order valence-electron chi connectivity index (χ2n) is 9.05. The highest BCUT2D eigenvalue weighted by Crippen LogP contribution is 2.27. The minimum absolute atomic E-state index is 0.110. The first kappa shape index (κ1) is 24.8. The van der Waals surface area contributed by atoms with Crippen LogP contribution >= 0.6 is 0 Å². The third-order valence-electron chi connectivity index (χ3n) is 6.60. The van der Waals surface area contributed by atoms with Crippen molar-refractivity contribution in [2.45, 2.75) is 26.2 Å². The number of anilines is 2. The molecule has 0 atom stereocenters. The van der Waals surface area contributed by atoms with E-state index in [1.807, 2.05) is 12.1 Å². The average Bonchev–Trinajstić information content (AvgIpc) is 2.91. The van der Waals surface area contributed by atoms with E-state index >= 15 is 0 Å². The molecule has 4 rings (SSSR count). The van der Waals surface area contributed by atoms with Gasteiger partial charge < -0.3 is 19.3 Å². The van der Waals surface area contributed by atoms with Gasteiger partial charge in [-0.15, -0.1) is 0 Å². The molecule has 1 heterocycles. The van der Waals surface area contributed by atoms with Crippen LogP contribution in [0.3, 0.4) is 0 Å². The minimum Gasteiger partial charge on any atom is -0.494 e. The number of benzene rings is 3. The number of methoxy groups -OCH3 is 1. The van der Waals surface area contributed by atoms with Gasteiger partial charge in [0.25, 0.3) is 0 Å². The Hall–Kier alpha value is -3.31. The lowest BCUT2D eigenvalue weighted by Gasteiger charge is -2.37. The van der Waals surface area contributed by atoms with Crippen molar-refractivity contribution >= 4 is 17.2 Å². The van der Waals surface area contributed by atoms with E-state index in [0.717, 1.165) is 70.0 Å². The van der Waals surface area contributed by atoms with Gasteiger partial charge in [-0.05, 0) is 85.8 Å². The zero-order valence-electron chi connectivity index (χ0n) is 20.9. The van der Waals surface area contributed by atoms with Crippen molar-refractivity contribution in [2.24, 2.45) is 0 Å². The number of ether oxygens (including phenoxy) is 2. The number of carbonyl (C=O) groups excluding carboxylic acids is 1. The van der Waals surface area contributed by atoms with Crippen LogP contribution in [0.15, 0.2) is 72.8 Å². The maximum absolute atomic E-state index is 11.5. The van der Waals surface area contributed by atoms with Gasteiger partial charge in [0.15, 0.2) is 5.78 Å². The summed E-state index contributed by atoms with van der Waals surface area (Å²) in [5, 5.41) is 0. The predicted octanol–water partition coefficient (Wildman–Crippen LogP) is 6.08. The maximum atomic E-state index is 11.5. The summed E-state index contributed by atoms with van der Waals surface area (Å²) in [6.07, 6.45) is 3.26. The highest BCUT2D eigenvalue weighted by Gasteiger charge is 2.18. The predicted molar refractivity (Wildman–Crippen MR) is 144 cm³/mol. The number of hydrogen-bond acceptors (Lipinski definition) is 5. The van der Waals surface area contributed by atoms with Gasteiger partial charge in [0.05, 0.1) is 6.61 Å². The smallest absolute Gasteiger partial charge is 0.159 e. The summed E-state index contributed by atoms with van der Waals surface area (Å²) in [5.74, 6) is 1.03. The van der Waals surface area contributed by atoms with E-state index < -0.39 is 0 Å². The second kappa shape index (κ2) is 12.4. The third-order valence-corrected chi connectivity index (χ3v) is 6.60. The molecule has 0 aromatic heterocycles. The van der Waals surface area contributed by atoms with Crippen molar-refractivity contribution in [3.8, 4) is 16.9 Å². The van der Waals surface area contributed by atoms with Gasteiger partial charge in [-0.2, -0.15) is 0 Å². The Morgan fingerprint density at radius 1 is 0.686 bits per heavy atom. The number of Topliss-reactive ketones (excluding diaryl/α,β-unsaturated/α-hetero) is 1. The molecule has 1 aliphatic heterocycles. The summed E-state index contributed by atoms with van der Waals surface area (Å²) in [6.45, 7) is 7.06. The quantitative estimate of drug-likeness (QED) is 0.250. The Labute approximate surface area is 209 Å². The standard InChI is InChI=1S/C30H36N2O3/c1-24(33)25-6-12-28(13-7-25)31-18-20-32(21-19-31)29-14-8-26(9-15-29)27-10-16-30(17-11-27)35-23-5-3-4-22-34-2/h6-17H,3-5,18-23H2,1-2H3. The molecule has 0 N–H and O–H groups in total. The summed E-state index contributed by atoms with van der Waals surface area (Å²) in [7, 11) is 1.74. The first-order chi connectivity index (χ1) is 17.1. The zero-order chi connectivity index (χ0) is 24.5. The lowest BCUT2D eigenvalue weighted by Crippen LogP contribution is -2.46. The number of carbonyl (C=O) groups is 1. The van der Waals surface area contributed by atoms with Gasteiger partial charge in [-0.25, -0.2) is 0 Å². The molecule has 0 saturated carbocycles. The normalized spacial score (nSPS) is 13.7. The van der Waals surface area contributed by atoms with Gasteiger partial charge in [0.1, 0.15) is 5.75 Å². The summed E-state index contributed by atoms with van der Waals surface area (Å²) in [5.41, 5.74) is 5.62. The first-order valence-electron chi connectivity index (χ1n) is 12.6. The Kier molecular flexibility index (Phi) is 8.79. The fraction of sp³-hybridized carbons (Fsp3) is 0.367. The third kappa shape index (κ3) is 6.86. The molecular formula is C30H36N2O3. The number of ketones is 1. The van der Waals surface area contributed by atoms with Gasteiger partial charge in [0, 0.05) is 56.8 Å². The van der Waals surface area contributed by atoms with Crippen LogP contribution in [0.2, 0.25) is 0 Å². The molecule has 0 aliphatic carbocycles. The first-order valence-corrected chi connectivity index (χ1v) is 12.6. The second-order valence-corrected chi connectivity index (χ2v) is 9.05. The summed E-state index contributed by atoms with van der Waals surface area (Å²) in [6, 6.07) is 25.2. The zero-order valence-corrected chi connectivity index (χ0v) is 20.9. The average molecular weight is 473 g/mol. The Bertz CT molecular complexity index is 1050. The minimum atomic E-state index is 0.110. The molecule has 0 amide bonds. The van der Waals surface area contributed by atoms with Crippen molar-refractivity contribution in [2.75, 3.05) is 56.3 Å². The molecule has 1 aliphatic rings. The van der Waals surface area contributed by atoms with Crippen LogP contribution in [0.1, 0.15) is 36.5 Å². The Morgan fingerprint density at radius 2 is 1.17 bits per heavy atom. The molecule has 0 radical (unpaired) electrons. The van der Waals surface area contributed by atoms with Crippen molar-refractivity contribution in [3.63, 3.8) is 0 Å². The van der Waals surface area contributed by atoms with Crippen molar-refractivity contribution < 1.29 is 14.3 Å². The number of rotatable bonds is 11. The maximum Gasteiger partial charge on any atom is 0.159 e. The van der Waals surface area contributed by atoms with Crippen LogP contribution in [0.5, 0.6) is 5.75 Å². The van der Waals surface area contributed by atoms with Crippen LogP contribution in [0.25, 0.3) is 11.1 Å². The molecule has 3 aromatic carbocycles. The van der Waals surface area contributed by atoms with Crippen molar-refractivity contribution in [1.82, 2.24) is 0 Å². The number of hydrogen-bond donors (Lipinski definition) is 0. The summed E-state index contributed by atoms with van der Waals surface area (Å²) >= 11 is 0. The van der Waals surface area contributed by atoms with Gasteiger partial charge >= 0.3 is 0 Å². The lowest BCUT2D eigenvalue weighted by atomic mass is 10.0. The van der Waals surface area contributed by atoms with E-state index in [4.69, 9.17) is 9.47 Å². The Morgan fingerprint density at radius 3 is 1.69 bits per heavy atom. The van der Waals surface area contributed by atoms with E-state index in [-0.39, 0.29) is 5.78 Å². The van der Waals surface area contributed by atoms with E-state index in [1.54, 1.807) is 14.0 Å². The monoisotopic (exact) mass is 472 g/mol. The molecule has 0 unspecified atom stereocenters. The van der Waals surface area contributed by atoms with E-state index in [2.05, 4.69) is 70.5 Å². The van der Waals surface area contributed by atoms with Crippen LogP contribution < -0.4 is 14.5 Å². The topological polar surface area (TPSA) is 42.0 Å². The van der Waals surface area contributed by atoms with Crippen LogP contribution in [-0.4, -0.2) is 52.3 Å². The lowest BCUT2D eigenvalue weighted by molar-refractivity contribution is 0.101. The highest BCUT2D eigenvalue weighted by molar-refractivity contribution is 5.94. The number of piperazine rings is 1. The molecule has 184 valence electrons. The molecule has 5 nitrogen and oxygen atoms in total. The molecule has 35 heavy (non-hydrogen) atoms. The summed E-state index contributed by atoms with van der Waals surface area (Å²) in [4.78, 5) is 16.3. The number of nitrogens with zero attached hydrogens (tertiary/aromatic N) is 2. The fourth-order valence-electron chi connectivity index (χ4n) is 4.45. The van der Waals surface area contributed by atoms with Crippen LogP contribution in [0, 0.1) is 0 Å². The Balaban J connectivity index is 1.26. The van der Waals surface area contributed by atoms with E-state index in [9.17, 15) is 4.79 Å². The van der Waals surface area contributed by atoms with Crippen molar-refractivity contribution in [1.29, 1.82) is 0 Å². The van der Waals surface area contributed by atoms with Gasteiger partial charge in [0.2, 0.25) is 0 Å².